The highest BCUT2D eigenvalue weighted by Crippen LogP contribution is 2.34. The quantitative estimate of drug-likeness (QED) is 0.727. The van der Waals surface area contributed by atoms with Crippen LogP contribution in [-0.2, 0) is 14.6 Å². The SMILES string of the molecule is CC(C)OCCC1(C#N)CCS(=O)(=O)C1. The summed E-state index contributed by atoms with van der Waals surface area (Å²) in [5.74, 6) is 0.139. The second-order valence-electron chi connectivity index (χ2n) is 4.40. The summed E-state index contributed by atoms with van der Waals surface area (Å²) in [6.45, 7) is 4.30. The van der Waals surface area contributed by atoms with Crippen LogP contribution in [0.5, 0.6) is 0 Å². The molecule has 1 saturated heterocycles. The van der Waals surface area contributed by atoms with Crippen LogP contribution in [-0.4, -0.2) is 32.6 Å². The molecule has 0 N–H and O–H groups in total. The van der Waals surface area contributed by atoms with Gasteiger partial charge in [-0.3, -0.25) is 0 Å². The van der Waals surface area contributed by atoms with Gasteiger partial charge >= 0.3 is 0 Å². The fourth-order valence-corrected chi connectivity index (χ4v) is 3.79. The van der Waals surface area contributed by atoms with Crippen LogP contribution < -0.4 is 0 Å². The molecule has 0 aromatic heterocycles. The molecule has 0 aromatic rings. The minimum Gasteiger partial charge on any atom is -0.379 e. The number of rotatable bonds is 4. The van der Waals surface area contributed by atoms with Gasteiger partial charge in [-0.2, -0.15) is 5.26 Å². The third-order valence-corrected chi connectivity index (χ3v) is 4.48. The van der Waals surface area contributed by atoms with E-state index in [2.05, 4.69) is 6.07 Å². The van der Waals surface area contributed by atoms with Gasteiger partial charge < -0.3 is 4.74 Å². The lowest BCUT2D eigenvalue weighted by Crippen LogP contribution is -2.23. The molecule has 5 heteroatoms. The van der Waals surface area contributed by atoms with Crippen LogP contribution >= 0.6 is 0 Å². The zero-order chi connectivity index (χ0) is 11.5. The van der Waals surface area contributed by atoms with Gasteiger partial charge in [0.05, 0.1) is 29.1 Å². The second-order valence-corrected chi connectivity index (χ2v) is 6.59. The molecule has 0 aliphatic carbocycles. The first-order chi connectivity index (χ1) is 6.89. The van der Waals surface area contributed by atoms with Crippen molar-refractivity contribution in [3.05, 3.63) is 0 Å². The maximum atomic E-state index is 11.3. The van der Waals surface area contributed by atoms with Crippen molar-refractivity contribution < 1.29 is 13.2 Å². The Bertz CT molecular complexity index is 355. The van der Waals surface area contributed by atoms with Crippen molar-refractivity contribution in [3.63, 3.8) is 0 Å². The molecule has 1 fully saturated rings. The lowest BCUT2D eigenvalue weighted by molar-refractivity contribution is 0.0636. The van der Waals surface area contributed by atoms with E-state index < -0.39 is 15.3 Å². The van der Waals surface area contributed by atoms with Crippen molar-refractivity contribution in [2.45, 2.75) is 32.8 Å². The van der Waals surface area contributed by atoms with Crippen LogP contribution in [0.2, 0.25) is 0 Å². The Hall–Kier alpha value is -0.600. The van der Waals surface area contributed by atoms with Gasteiger partial charge in [-0.15, -0.1) is 0 Å². The molecular weight excluding hydrogens is 214 g/mol. The molecule has 1 aliphatic rings. The topological polar surface area (TPSA) is 67.2 Å². The van der Waals surface area contributed by atoms with E-state index in [1.54, 1.807) is 0 Å². The molecule has 0 radical (unpaired) electrons. The van der Waals surface area contributed by atoms with E-state index in [0.29, 0.717) is 19.4 Å². The van der Waals surface area contributed by atoms with Crippen molar-refractivity contribution >= 4 is 9.84 Å². The Balaban J connectivity index is 2.54. The average Bonchev–Trinajstić information content (AvgIpc) is 2.42. The summed E-state index contributed by atoms with van der Waals surface area (Å²) in [6, 6.07) is 2.15. The smallest absolute Gasteiger partial charge is 0.151 e. The first kappa shape index (κ1) is 12.5. The normalized spacial score (nSPS) is 29.2. The molecule has 0 bridgehead atoms. The Morgan fingerprint density at radius 3 is 2.60 bits per heavy atom. The Morgan fingerprint density at radius 1 is 1.53 bits per heavy atom. The van der Waals surface area contributed by atoms with Crippen molar-refractivity contribution in [3.8, 4) is 6.07 Å². The highest BCUT2D eigenvalue weighted by Gasteiger charge is 2.42. The number of sulfone groups is 1. The first-order valence-electron chi connectivity index (χ1n) is 5.12. The molecule has 1 heterocycles. The average molecular weight is 231 g/mol. The van der Waals surface area contributed by atoms with E-state index in [-0.39, 0.29) is 17.6 Å². The number of nitriles is 1. The number of hydrogen-bond acceptors (Lipinski definition) is 4. The molecule has 4 nitrogen and oxygen atoms in total. The number of hydrogen-bond donors (Lipinski definition) is 0. The molecule has 0 aromatic carbocycles. The molecule has 15 heavy (non-hydrogen) atoms. The summed E-state index contributed by atoms with van der Waals surface area (Å²) in [5.41, 5.74) is -0.701. The Labute approximate surface area is 91.1 Å². The molecule has 0 spiro atoms. The van der Waals surface area contributed by atoms with E-state index in [4.69, 9.17) is 10.00 Å². The van der Waals surface area contributed by atoms with E-state index in [9.17, 15) is 8.42 Å². The van der Waals surface area contributed by atoms with Gasteiger partial charge in [0.15, 0.2) is 9.84 Å². The summed E-state index contributed by atoms with van der Waals surface area (Å²) in [5, 5.41) is 9.04. The minimum atomic E-state index is -2.99. The molecule has 1 aliphatic heterocycles. The predicted molar refractivity (Wildman–Crippen MR) is 57.0 cm³/mol. The van der Waals surface area contributed by atoms with Gasteiger partial charge in [-0.25, -0.2) is 8.42 Å². The third kappa shape index (κ3) is 3.47. The first-order valence-corrected chi connectivity index (χ1v) is 6.95. The zero-order valence-electron chi connectivity index (χ0n) is 9.19. The van der Waals surface area contributed by atoms with Crippen LogP contribution in [0, 0.1) is 16.7 Å². The monoisotopic (exact) mass is 231 g/mol. The fourth-order valence-electron chi connectivity index (χ4n) is 1.75. The third-order valence-electron chi connectivity index (χ3n) is 2.66. The van der Waals surface area contributed by atoms with Crippen molar-refractivity contribution in [2.75, 3.05) is 18.1 Å². The van der Waals surface area contributed by atoms with Crippen LogP contribution in [0.1, 0.15) is 26.7 Å². The molecule has 1 rings (SSSR count). The van der Waals surface area contributed by atoms with Crippen LogP contribution in [0.25, 0.3) is 0 Å². The van der Waals surface area contributed by atoms with E-state index in [1.807, 2.05) is 13.8 Å². The van der Waals surface area contributed by atoms with Gasteiger partial charge in [-0.1, -0.05) is 0 Å². The summed E-state index contributed by atoms with van der Waals surface area (Å²) in [6.07, 6.45) is 1.09. The molecule has 1 unspecified atom stereocenters. The largest absolute Gasteiger partial charge is 0.379 e. The van der Waals surface area contributed by atoms with Gasteiger partial charge in [-0.05, 0) is 26.7 Å². The van der Waals surface area contributed by atoms with Crippen molar-refractivity contribution in [1.29, 1.82) is 5.26 Å². The van der Waals surface area contributed by atoms with Gasteiger partial charge in [0.25, 0.3) is 0 Å². The second kappa shape index (κ2) is 4.50. The van der Waals surface area contributed by atoms with Crippen molar-refractivity contribution in [1.82, 2.24) is 0 Å². The van der Waals surface area contributed by atoms with E-state index in [0.717, 1.165) is 0 Å². The van der Waals surface area contributed by atoms with Crippen molar-refractivity contribution in [2.24, 2.45) is 5.41 Å². The number of nitrogens with zero attached hydrogens (tertiary/aromatic N) is 1. The fraction of sp³-hybridized carbons (Fsp3) is 0.900. The lowest BCUT2D eigenvalue weighted by atomic mass is 9.86. The Kier molecular flexibility index (Phi) is 3.74. The predicted octanol–water partition coefficient (Wildman–Crippen LogP) is 1.13. The maximum absolute atomic E-state index is 11.3. The summed E-state index contributed by atoms with van der Waals surface area (Å²) >= 11 is 0. The molecule has 1 atom stereocenters. The van der Waals surface area contributed by atoms with Gasteiger partial charge in [0.1, 0.15) is 0 Å². The summed E-state index contributed by atoms with van der Waals surface area (Å²) in [4.78, 5) is 0. The maximum Gasteiger partial charge on any atom is 0.151 e. The van der Waals surface area contributed by atoms with E-state index >= 15 is 0 Å². The van der Waals surface area contributed by atoms with Gasteiger partial charge in [0.2, 0.25) is 0 Å². The van der Waals surface area contributed by atoms with Crippen LogP contribution in [0.15, 0.2) is 0 Å². The highest BCUT2D eigenvalue weighted by atomic mass is 32.2. The zero-order valence-corrected chi connectivity index (χ0v) is 10.0. The molecule has 0 amide bonds. The standard InChI is InChI=1S/C10H17NO3S/c1-9(2)14-5-3-10(7-11)4-6-15(12,13)8-10/h9H,3-6,8H2,1-2H3. The minimum absolute atomic E-state index is 0.00203. The molecule has 0 saturated carbocycles. The number of ether oxygens (including phenoxy) is 1. The Morgan fingerprint density at radius 2 is 2.20 bits per heavy atom. The van der Waals surface area contributed by atoms with Gasteiger partial charge in [0, 0.05) is 6.61 Å². The van der Waals surface area contributed by atoms with Crippen LogP contribution in [0.4, 0.5) is 0 Å². The summed E-state index contributed by atoms with van der Waals surface area (Å²) < 4.78 is 28.0. The van der Waals surface area contributed by atoms with E-state index in [1.165, 1.54) is 0 Å². The molecule has 86 valence electrons. The van der Waals surface area contributed by atoms with Crippen LogP contribution in [0.3, 0.4) is 0 Å². The lowest BCUT2D eigenvalue weighted by Gasteiger charge is -2.19. The molecular formula is C10H17NO3S. The highest BCUT2D eigenvalue weighted by molar-refractivity contribution is 7.91. The summed E-state index contributed by atoms with van der Waals surface area (Å²) in [7, 11) is -2.99.